The molecule has 0 aliphatic carbocycles. The minimum atomic E-state index is 0.0409. The largest absolute Gasteiger partial charge is 0.311 e. The van der Waals surface area contributed by atoms with Crippen molar-refractivity contribution in [1.82, 2.24) is 10.3 Å². The number of pyridine rings is 1. The van der Waals surface area contributed by atoms with Crippen LogP contribution in [0, 0.1) is 24.2 Å². The van der Waals surface area contributed by atoms with Crippen LogP contribution < -0.4 is 5.32 Å². The number of hydrogen-bond acceptors (Lipinski definition) is 3. The topological polar surface area (TPSA) is 48.7 Å². The van der Waals surface area contributed by atoms with E-state index in [0.29, 0.717) is 6.54 Å². The lowest BCUT2D eigenvalue weighted by Crippen LogP contribution is -2.20. The lowest BCUT2D eigenvalue weighted by Gasteiger charge is -2.10. The van der Waals surface area contributed by atoms with Crippen LogP contribution in [-0.4, -0.2) is 11.5 Å². The van der Waals surface area contributed by atoms with E-state index in [0.717, 1.165) is 17.8 Å². The van der Waals surface area contributed by atoms with Crippen molar-refractivity contribution in [2.24, 2.45) is 5.92 Å². The van der Waals surface area contributed by atoms with Crippen LogP contribution in [0.5, 0.6) is 0 Å². The van der Waals surface area contributed by atoms with Gasteiger partial charge in [0.1, 0.15) is 0 Å². The molecule has 1 N–H and O–H groups in total. The molecule has 1 aromatic heterocycles. The van der Waals surface area contributed by atoms with Crippen LogP contribution >= 0.6 is 0 Å². The van der Waals surface area contributed by atoms with Gasteiger partial charge in [-0.2, -0.15) is 5.26 Å². The molecule has 1 unspecified atom stereocenters. The van der Waals surface area contributed by atoms with Gasteiger partial charge in [0, 0.05) is 24.2 Å². The summed E-state index contributed by atoms with van der Waals surface area (Å²) >= 11 is 0. The van der Waals surface area contributed by atoms with Crippen molar-refractivity contribution in [2.75, 3.05) is 6.54 Å². The zero-order chi connectivity index (χ0) is 13.0. The van der Waals surface area contributed by atoms with E-state index in [9.17, 15) is 0 Å². The second-order valence-electron chi connectivity index (χ2n) is 4.60. The summed E-state index contributed by atoms with van der Waals surface area (Å²) in [5, 5.41) is 13.3. The third kappa shape index (κ3) is 2.85. The maximum Gasteiger partial charge on any atom is 0.0708 e. The van der Waals surface area contributed by atoms with E-state index < -0.39 is 0 Å². The van der Waals surface area contributed by atoms with Crippen molar-refractivity contribution in [1.29, 1.82) is 5.26 Å². The molecule has 0 aliphatic rings. The molecule has 0 fully saturated rings. The summed E-state index contributed by atoms with van der Waals surface area (Å²) in [4.78, 5) is 4.52. The molecule has 3 nitrogen and oxygen atoms in total. The van der Waals surface area contributed by atoms with E-state index in [1.165, 1.54) is 10.9 Å². The number of nitriles is 1. The first kappa shape index (κ1) is 12.5. The summed E-state index contributed by atoms with van der Waals surface area (Å²) in [5.41, 5.74) is 3.30. The number of fused-ring (bicyclic) bond motifs is 1. The van der Waals surface area contributed by atoms with Gasteiger partial charge in [-0.3, -0.25) is 4.98 Å². The normalized spacial score (nSPS) is 12.3. The van der Waals surface area contributed by atoms with Gasteiger partial charge >= 0.3 is 0 Å². The molecule has 1 atom stereocenters. The molecule has 92 valence electrons. The predicted octanol–water partition coefficient (Wildman–Crippen LogP) is 2.79. The molecule has 0 spiro atoms. The molecular formula is C15H17N3. The average Bonchev–Trinajstić information content (AvgIpc) is 2.38. The van der Waals surface area contributed by atoms with Gasteiger partial charge in [0.05, 0.1) is 17.5 Å². The van der Waals surface area contributed by atoms with Crippen LogP contribution in [0.1, 0.15) is 18.2 Å². The van der Waals surface area contributed by atoms with E-state index in [1.807, 2.05) is 32.0 Å². The van der Waals surface area contributed by atoms with E-state index in [1.54, 1.807) is 0 Å². The fraction of sp³-hybridized carbons (Fsp3) is 0.333. The van der Waals surface area contributed by atoms with Gasteiger partial charge in [0.15, 0.2) is 0 Å². The molecule has 0 radical (unpaired) electrons. The highest BCUT2D eigenvalue weighted by molar-refractivity contribution is 5.82. The van der Waals surface area contributed by atoms with Crippen LogP contribution in [0.15, 0.2) is 30.3 Å². The van der Waals surface area contributed by atoms with Crippen LogP contribution in [0.25, 0.3) is 10.9 Å². The maximum atomic E-state index is 8.75. The SMILES string of the molecule is Cc1cc(CNCC(C)C#N)c2ccccc2n1. The number of hydrogen-bond donors (Lipinski definition) is 1. The number of nitrogens with zero attached hydrogens (tertiary/aromatic N) is 2. The second-order valence-corrected chi connectivity index (χ2v) is 4.60. The number of nitrogens with one attached hydrogen (secondary N) is 1. The zero-order valence-corrected chi connectivity index (χ0v) is 10.8. The highest BCUT2D eigenvalue weighted by atomic mass is 14.9. The van der Waals surface area contributed by atoms with Gasteiger partial charge in [-0.1, -0.05) is 18.2 Å². The Labute approximate surface area is 107 Å². The summed E-state index contributed by atoms with van der Waals surface area (Å²) in [6.07, 6.45) is 0. The van der Waals surface area contributed by atoms with Crippen LogP contribution in [-0.2, 0) is 6.54 Å². The predicted molar refractivity (Wildman–Crippen MR) is 73.0 cm³/mol. The molecule has 1 aromatic carbocycles. The molecule has 0 saturated carbocycles. The van der Waals surface area contributed by atoms with Crippen molar-refractivity contribution in [3.8, 4) is 6.07 Å². The van der Waals surface area contributed by atoms with Crippen molar-refractivity contribution in [3.05, 3.63) is 41.6 Å². The number of para-hydroxylation sites is 1. The lowest BCUT2D eigenvalue weighted by atomic mass is 10.1. The van der Waals surface area contributed by atoms with Crippen molar-refractivity contribution in [2.45, 2.75) is 20.4 Å². The fourth-order valence-electron chi connectivity index (χ4n) is 2.01. The maximum absolute atomic E-state index is 8.75. The lowest BCUT2D eigenvalue weighted by molar-refractivity contribution is 0.603. The molecule has 18 heavy (non-hydrogen) atoms. The molecule has 0 bridgehead atoms. The van der Waals surface area contributed by atoms with Gasteiger partial charge in [-0.05, 0) is 31.5 Å². The molecular weight excluding hydrogens is 222 g/mol. The summed E-state index contributed by atoms with van der Waals surface area (Å²) in [6, 6.07) is 12.5. The summed E-state index contributed by atoms with van der Waals surface area (Å²) in [6.45, 7) is 5.42. The first-order valence-electron chi connectivity index (χ1n) is 6.16. The van der Waals surface area contributed by atoms with Gasteiger partial charge in [0.2, 0.25) is 0 Å². The Bertz CT molecular complexity index is 584. The Morgan fingerprint density at radius 2 is 2.17 bits per heavy atom. The molecule has 3 heteroatoms. The minimum Gasteiger partial charge on any atom is -0.311 e. The highest BCUT2D eigenvalue weighted by Gasteiger charge is 2.04. The Kier molecular flexibility index (Phi) is 3.91. The van der Waals surface area contributed by atoms with Crippen molar-refractivity contribution < 1.29 is 0 Å². The molecule has 0 saturated heterocycles. The first-order chi connectivity index (χ1) is 8.70. The number of benzene rings is 1. The Hall–Kier alpha value is -1.92. The second kappa shape index (κ2) is 5.61. The molecule has 2 rings (SSSR count). The minimum absolute atomic E-state index is 0.0409. The zero-order valence-electron chi connectivity index (χ0n) is 10.8. The first-order valence-corrected chi connectivity index (χ1v) is 6.16. The summed E-state index contributed by atoms with van der Waals surface area (Å²) in [7, 11) is 0. The van der Waals surface area contributed by atoms with Gasteiger partial charge in [0.25, 0.3) is 0 Å². The highest BCUT2D eigenvalue weighted by Crippen LogP contribution is 2.17. The smallest absolute Gasteiger partial charge is 0.0708 e. The third-order valence-corrected chi connectivity index (χ3v) is 2.92. The monoisotopic (exact) mass is 239 g/mol. The van der Waals surface area contributed by atoms with Crippen LogP contribution in [0.2, 0.25) is 0 Å². The standard InChI is InChI=1S/C15H17N3/c1-11(8-16)9-17-10-13-7-12(2)18-15-6-4-3-5-14(13)15/h3-7,11,17H,9-10H2,1-2H3. The third-order valence-electron chi connectivity index (χ3n) is 2.92. The summed E-state index contributed by atoms with van der Waals surface area (Å²) in [5.74, 6) is 0.0409. The molecule has 0 amide bonds. The van der Waals surface area contributed by atoms with Gasteiger partial charge in [-0.15, -0.1) is 0 Å². The Morgan fingerprint density at radius 3 is 2.94 bits per heavy atom. The van der Waals surface area contributed by atoms with E-state index in [4.69, 9.17) is 5.26 Å². The quantitative estimate of drug-likeness (QED) is 0.892. The van der Waals surface area contributed by atoms with E-state index >= 15 is 0 Å². The Morgan fingerprint density at radius 1 is 1.39 bits per heavy atom. The average molecular weight is 239 g/mol. The van der Waals surface area contributed by atoms with Gasteiger partial charge < -0.3 is 5.32 Å². The van der Waals surface area contributed by atoms with Crippen LogP contribution in [0.3, 0.4) is 0 Å². The van der Waals surface area contributed by atoms with Gasteiger partial charge in [-0.25, -0.2) is 0 Å². The van der Waals surface area contributed by atoms with Crippen LogP contribution in [0.4, 0.5) is 0 Å². The fourth-order valence-corrected chi connectivity index (χ4v) is 2.01. The van der Waals surface area contributed by atoms with E-state index in [-0.39, 0.29) is 5.92 Å². The van der Waals surface area contributed by atoms with E-state index in [2.05, 4.69) is 28.5 Å². The molecule has 0 aliphatic heterocycles. The number of rotatable bonds is 4. The number of aromatic nitrogens is 1. The van der Waals surface area contributed by atoms with Crippen molar-refractivity contribution in [3.63, 3.8) is 0 Å². The number of aryl methyl sites for hydroxylation is 1. The summed E-state index contributed by atoms with van der Waals surface area (Å²) < 4.78 is 0. The Balaban J connectivity index is 2.20. The van der Waals surface area contributed by atoms with Crippen molar-refractivity contribution >= 4 is 10.9 Å². The molecule has 2 aromatic rings. The molecule has 1 heterocycles.